The summed E-state index contributed by atoms with van der Waals surface area (Å²) in [5, 5.41) is 22.6. The lowest BCUT2D eigenvalue weighted by Gasteiger charge is -2.05. The van der Waals surface area contributed by atoms with Gasteiger partial charge in [-0.3, -0.25) is 0 Å². The van der Waals surface area contributed by atoms with Crippen LogP contribution >= 0.6 is 0 Å². The van der Waals surface area contributed by atoms with Gasteiger partial charge >= 0.3 is 0 Å². The molecule has 0 radical (unpaired) electrons. The summed E-state index contributed by atoms with van der Waals surface area (Å²) < 4.78 is 5.18. The van der Waals surface area contributed by atoms with E-state index in [9.17, 15) is 10.2 Å². The van der Waals surface area contributed by atoms with E-state index in [-0.39, 0.29) is 17.4 Å². The number of benzene rings is 2. The summed E-state index contributed by atoms with van der Waals surface area (Å²) in [6.07, 6.45) is 0. The Morgan fingerprint density at radius 3 is 2.48 bits per heavy atom. The fraction of sp³-hybridized carbons (Fsp3) is 0.0667. The van der Waals surface area contributed by atoms with Crippen molar-refractivity contribution in [2.24, 2.45) is 5.73 Å². The zero-order valence-electron chi connectivity index (χ0n) is 11.0. The molecule has 0 spiro atoms. The van der Waals surface area contributed by atoms with E-state index >= 15 is 0 Å². The molecule has 3 aromatic rings. The molecule has 0 amide bonds. The Labute approximate surface area is 120 Å². The van der Waals surface area contributed by atoms with Crippen molar-refractivity contribution in [3.63, 3.8) is 0 Å². The van der Waals surface area contributed by atoms with Crippen molar-refractivity contribution in [3.05, 3.63) is 60.0 Å². The molecule has 106 valence electrons. The lowest BCUT2D eigenvalue weighted by Crippen LogP contribution is -2.11. The first-order chi connectivity index (χ1) is 10.1. The van der Waals surface area contributed by atoms with Gasteiger partial charge in [-0.2, -0.15) is 4.98 Å². The van der Waals surface area contributed by atoms with Crippen LogP contribution in [0.3, 0.4) is 0 Å². The predicted molar refractivity (Wildman–Crippen MR) is 75.5 cm³/mol. The van der Waals surface area contributed by atoms with Gasteiger partial charge in [0.2, 0.25) is 11.7 Å². The molecule has 0 fully saturated rings. The van der Waals surface area contributed by atoms with Gasteiger partial charge in [-0.15, -0.1) is 0 Å². The molecule has 4 N–H and O–H groups in total. The standard InChI is InChI=1S/C15H13N3O3/c16-13(9-4-2-1-3-5-9)15-17-14(18-21-15)10-6-7-11(19)12(20)8-10/h1-8,13,19-20H,16H2/t13-/m0/s1. The first-order valence-corrected chi connectivity index (χ1v) is 6.31. The molecule has 0 unspecified atom stereocenters. The Morgan fingerprint density at radius 1 is 1.00 bits per heavy atom. The van der Waals surface area contributed by atoms with E-state index in [4.69, 9.17) is 10.3 Å². The SMILES string of the molecule is N[C@@H](c1ccccc1)c1nc(-c2ccc(O)c(O)c2)no1. The zero-order valence-corrected chi connectivity index (χ0v) is 11.0. The number of phenolic OH excluding ortho intramolecular Hbond substituents is 2. The molecule has 0 aliphatic carbocycles. The monoisotopic (exact) mass is 283 g/mol. The molecule has 0 bridgehead atoms. The van der Waals surface area contributed by atoms with Crippen LogP contribution in [0, 0.1) is 0 Å². The normalized spacial score (nSPS) is 12.2. The average molecular weight is 283 g/mol. The molecule has 1 atom stereocenters. The van der Waals surface area contributed by atoms with Gasteiger partial charge in [-0.1, -0.05) is 35.5 Å². The highest BCUT2D eigenvalue weighted by molar-refractivity contribution is 5.60. The summed E-state index contributed by atoms with van der Waals surface area (Å²) >= 11 is 0. The minimum absolute atomic E-state index is 0.205. The molecule has 0 saturated heterocycles. The van der Waals surface area contributed by atoms with Gasteiger partial charge < -0.3 is 20.5 Å². The lowest BCUT2D eigenvalue weighted by molar-refractivity contribution is 0.367. The summed E-state index contributed by atoms with van der Waals surface area (Å²) in [6.45, 7) is 0. The van der Waals surface area contributed by atoms with Crippen molar-refractivity contribution in [3.8, 4) is 22.9 Å². The van der Waals surface area contributed by atoms with Crippen LogP contribution in [-0.2, 0) is 0 Å². The quantitative estimate of drug-likeness (QED) is 0.636. The van der Waals surface area contributed by atoms with Crippen LogP contribution in [0.4, 0.5) is 0 Å². The second-order valence-electron chi connectivity index (χ2n) is 4.55. The molecular weight excluding hydrogens is 270 g/mol. The fourth-order valence-corrected chi connectivity index (χ4v) is 1.94. The van der Waals surface area contributed by atoms with Crippen molar-refractivity contribution in [1.82, 2.24) is 10.1 Å². The Hall–Kier alpha value is -2.86. The summed E-state index contributed by atoms with van der Waals surface area (Å²) in [4.78, 5) is 4.23. The van der Waals surface area contributed by atoms with Crippen molar-refractivity contribution in [2.45, 2.75) is 6.04 Å². The third-order valence-electron chi connectivity index (χ3n) is 3.10. The molecule has 1 heterocycles. The van der Waals surface area contributed by atoms with Crippen LogP contribution in [0.1, 0.15) is 17.5 Å². The van der Waals surface area contributed by atoms with E-state index < -0.39 is 6.04 Å². The molecule has 3 rings (SSSR count). The minimum Gasteiger partial charge on any atom is -0.504 e. The number of rotatable bonds is 3. The highest BCUT2D eigenvalue weighted by atomic mass is 16.5. The van der Waals surface area contributed by atoms with Gasteiger partial charge in [0.25, 0.3) is 0 Å². The zero-order chi connectivity index (χ0) is 14.8. The topological polar surface area (TPSA) is 105 Å². The largest absolute Gasteiger partial charge is 0.504 e. The number of hydrogen-bond donors (Lipinski definition) is 3. The van der Waals surface area contributed by atoms with Gasteiger partial charge in [0.1, 0.15) is 6.04 Å². The molecule has 21 heavy (non-hydrogen) atoms. The number of nitrogens with two attached hydrogens (primary N) is 1. The summed E-state index contributed by atoms with van der Waals surface area (Å²) in [7, 11) is 0. The second kappa shape index (κ2) is 5.26. The molecule has 0 aliphatic rings. The number of nitrogens with zero attached hydrogens (tertiary/aromatic N) is 2. The van der Waals surface area contributed by atoms with Crippen LogP contribution < -0.4 is 5.73 Å². The molecular formula is C15H13N3O3. The number of phenols is 2. The van der Waals surface area contributed by atoms with E-state index in [0.29, 0.717) is 11.4 Å². The minimum atomic E-state index is -0.516. The Balaban J connectivity index is 1.91. The van der Waals surface area contributed by atoms with Gasteiger partial charge in [0, 0.05) is 5.56 Å². The third-order valence-corrected chi connectivity index (χ3v) is 3.10. The maximum Gasteiger partial charge on any atom is 0.248 e. The van der Waals surface area contributed by atoms with Crippen LogP contribution in [0.15, 0.2) is 53.1 Å². The van der Waals surface area contributed by atoms with E-state index in [1.807, 2.05) is 30.3 Å². The van der Waals surface area contributed by atoms with E-state index in [2.05, 4.69) is 10.1 Å². The average Bonchev–Trinajstić information content (AvgIpc) is 3.00. The highest BCUT2D eigenvalue weighted by Crippen LogP contribution is 2.29. The number of aromatic hydroxyl groups is 2. The molecule has 1 aromatic heterocycles. The van der Waals surface area contributed by atoms with Crippen molar-refractivity contribution in [2.75, 3.05) is 0 Å². The Morgan fingerprint density at radius 2 is 1.76 bits per heavy atom. The van der Waals surface area contributed by atoms with Gasteiger partial charge in [0.15, 0.2) is 11.5 Å². The second-order valence-corrected chi connectivity index (χ2v) is 4.55. The van der Waals surface area contributed by atoms with Crippen LogP contribution in [0.25, 0.3) is 11.4 Å². The third kappa shape index (κ3) is 2.56. The van der Waals surface area contributed by atoms with Crippen molar-refractivity contribution >= 4 is 0 Å². The van der Waals surface area contributed by atoms with Gasteiger partial charge in [-0.05, 0) is 23.8 Å². The fourth-order valence-electron chi connectivity index (χ4n) is 1.94. The Bertz CT molecular complexity index is 756. The molecule has 2 aromatic carbocycles. The van der Waals surface area contributed by atoms with Crippen molar-refractivity contribution in [1.29, 1.82) is 0 Å². The summed E-state index contributed by atoms with van der Waals surface area (Å²) in [5.74, 6) is 0.130. The molecule has 0 aliphatic heterocycles. The Kier molecular flexibility index (Phi) is 3.29. The van der Waals surface area contributed by atoms with Crippen LogP contribution in [-0.4, -0.2) is 20.4 Å². The smallest absolute Gasteiger partial charge is 0.248 e. The molecule has 6 heteroatoms. The van der Waals surface area contributed by atoms with Crippen LogP contribution in [0.2, 0.25) is 0 Å². The maximum absolute atomic E-state index is 9.49. The van der Waals surface area contributed by atoms with Gasteiger partial charge in [-0.25, -0.2) is 0 Å². The number of hydrogen-bond acceptors (Lipinski definition) is 6. The first-order valence-electron chi connectivity index (χ1n) is 6.31. The lowest BCUT2D eigenvalue weighted by atomic mass is 10.1. The van der Waals surface area contributed by atoms with E-state index in [0.717, 1.165) is 5.56 Å². The number of aromatic nitrogens is 2. The first kappa shape index (κ1) is 13.1. The summed E-state index contributed by atoms with van der Waals surface area (Å²) in [5.41, 5.74) is 7.47. The summed E-state index contributed by atoms with van der Waals surface area (Å²) in [6, 6.07) is 13.2. The van der Waals surface area contributed by atoms with E-state index in [1.165, 1.54) is 12.1 Å². The predicted octanol–water partition coefficient (Wildman–Crippen LogP) is 2.20. The van der Waals surface area contributed by atoms with Crippen molar-refractivity contribution < 1.29 is 14.7 Å². The van der Waals surface area contributed by atoms with Gasteiger partial charge in [0.05, 0.1) is 0 Å². The highest BCUT2D eigenvalue weighted by Gasteiger charge is 2.17. The van der Waals surface area contributed by atoms with E-state index in [1.54, 1.807) is 6.07 Å². The van der Waals surface area contributed by atoms with Crippen LogP contribution in [0.5, 0.6) is 11.5 Å². The maximum atomic E-state index is 9.49. The molecule has 6 nitrogen and oxygen atoms in total. The molecule has 0 saturated carbocycles.